The van der Waals surface area contributed by atoms with Crippen molar-refractivity contribution in [2.75, 3.05) is 10.6 Å². The Morgan fingerprint density at radius 1 is 0.962 bits per heavy atom. The Bertz CT molecular complexity index is 948. The number of benzene rings is 2. The third kappa shape index (κ3) is 4.05. The zero-order valence-corrected chi connectivity index (χ0v) is 13.1. The Morgan fingerprint density at radius 2 is 1.69 bits per heavy atom. The molecule has 0 atom stereocenters. The third-order valence-electron chi connectivity index (χ3n) is 3.34. The second-order valence-corrected chi connectivity index (χ2v) is 5.15. The number of para-hydroxylation sites is 1. The van der Waals surface area contributed by atoms with Crippen LogP contribution in [0.1, 0.15) is 11.1 Å². The second kappa shape index (κ2) is 7.06. The zero-order valence-electron chi connectivity index (χ0n) is 13.1. The molecule has 0 bridgehead atoms. The number of alkyl halides is 3. The predicted octanol–water partition coefficient (Wildman–Crippen LogP) is 4.25. The van der Waals surface area contributed by atoms with Crippen molar-refractivity contribution in [1.29, 1.82) is 5.26 Å². The SMILES string of the molecule is N#Cc1ccccc1Nc1nncc(Nc2ccc(C(F)(F)F)cc2)n1. The van der Waals surface area contributed by atoms with Crippen LogP contribution in [0, 0.1) is 11.3 Å². The van der Waals surface area contributed by atoms with Gasteiger partial charge in [0.25, 0.3) is 0 Å². The summed E-state index contributed by atoms with van der Waals surface area (Å²) in [6.07, 6.45) is -3.06. The Labute approximate surface area is 146 Å². The van der Waals surface area contributed by atoms with Gasteiger partial charge in [0.15, 0.2) is 5.82 Å². The molecule has 9 heteroatoms. The molecular weight excluding hydrogens is 345 g/mol. The molecule has 0 saturated carbocycles. The van der Waals surface area contributed by atoms with Crippen LogP contribution < -0.4 is 10.6 Å². The fourth-order valence-electron chi connectivity index (χ4n) is 2.12. The van der Waals surface area contributed by atoms with E-state index in [-0.39, 0.29) is 11.8 Å². The van der Waals surface area contributed by atoms with Crippen LogP contribution in [0.25, 0.3) is 0 Å². The molecule has 130 valence electrons. The highest BCUT2D eigenvalue weighted by Gasteiger charge is 2.29. The van der Waals surface area contributed by atoms with Crippen molar-refractivity contribution >= 4 is 23.1 Å². The Balaban J connectivity index is 1.76. The van der Waals surface area contributed by atoms with Gasteiger partial charge in [-0.2, -0.15) is 28.5 Å². The van der Waals surface area contributed by atoms with E-state index in [0.717, 1.165) is 12.1 Å². The van der Waals surface area contributed by atoms with Crippen LogP contribution in [0.2, 0.25) is 0 Å². The van der Waals surface area contributed by atoms with E-state index in [1.807, 2.05) is 6.07 Å². The van der Waals surface area contributed by atoms with Gasteiger partial charge < -0.3 is 10.6 Å². The highest BCUT2D eigenvalue weighted by atomic mass is 19.4. The lowest BCUT2D eigenvalue weighted by Gasteiger charge is -2.10. The maximum Gasteiger partial charge on any atom is 0.416 e. The van der Waals surface area contributed by atoms with Crippen LogP contribution in [0.5, 0.6) is 0 Å². The highest BCUT2D eigenvalue weighted by Crippen LogP contribution is 2.30. The number of nitrogens with zero attached hydrogens (tertiary/aromatic N) is 4. The number of halogens is 3. The predicted molar refractivity (Wildman–Crippen MR) is 89.0 cm³/mol. The lowest BCUT2D eigenvalue weighted by molar-refractivity contribution is -0.137. The number of nitriles is 1. The summed E-state index contributed by atoms with van der Waals surface area (Å²) in [6.45, 7) is 0. The topological polar surface area (TPSA) is 86.5 Å². The lowest BCUT2D eigenvalue weighted by atomic mass is 10.2. The smallest absolute Gasteiger partial charge is 0.339 e. The molecule has 26 heavy (non-hydrogen) atoms. The van der Waals surface area contributed by atoms with E-state index in [9.17, 15) is 13.2 Å². The molecule has 0 amide bonds. The molecule has 0 unspecified atom stereocenters. The van der Waals surface area contributed by atoms with E-state index in [1.165, 1.54) is 18.3 Å². The Kier molecular flexibility index (Phi) is 4.66. The number of hydrogen-bond donors (Lipinski definition) is 2. The molecule has 1 heterocycles. The first-order valence-corrected chi connectivity index (χ1v) is 7.36. The molecule has 3 rings (SSSR count). The molecule has 0 aliphatic carbocycles. The first kappa shape index (κ1) is 17.2. The summed E-state index contributed by atoms with van der Waals surface area (Å²) in [4.78, 5) is 4.18. The third-order valence-corrected chi connectivity index (χ3v) is 3.34. The summed E-state index contributed by atoms with van der Waals surface area (Å²) in [5, 5.41) is 22.4. The molecule has 2 N–H and O–H groups in total. The van der Waals surface area contributed by atoms with E-state index in [0.29, 0.717) is 16.9 Å². The molecule has 3 aromatic rings. The largest absolute Gasteiger partial charge is 0.416 e. The van der Waals surface area contributed by atoms with Gasteiger partial charge in [0.1, 0.15) is 6.07 Å². The van der Waals surface area contributed by atoms with E-state index in [4.69, 9.17) is 5.26 Å². The van der Waals surface area contributed by atoms with E-state index < -0.39 is 11.7 Å². The molecule has 0 saturated heterocycles. The summed E-state index contributed by atoms with van der Waals surface area (Å²) in [5.74, 6) is 0.432. The van der Waals surface area contributed by atoms with Crippen LogP contribution in [0.3, 0.4) is 0 Å². The van der Waals surface area contributed by atoms with Gasteiger partial charge >= 0.3 is 6.18 Å². The Morgan fingerprint density at radius 3 is 2.38 bits per heavy atom. The molecule has 1 aromatic heterocycles. The number of hydrogen-bond acceptors (Lipinski definition) is 6. The highest BCUT2D eigenvalue weighted by molar-refractivity contribution is 5.64. The minimum atomic E-state index is -4.39. The van der Waals surface area contributed by atoms with Crippen LogP contribution in [0.4, 0.5) is 36.3 Å². The first-order chi connectivity index (χ1) is 12.5. The van der Waals surface area contributed by atoms with Crippen molar-refractivity contribution in [1.82, 2.24) is 15.2 Å². The van der Waals surface area contributed by atoms with E-state index >= 15 is 0 Å². The van der Waals surface area contributed by atoms with Crippen molar-refractivity contribution in [2.45, 2.75) is 6.18 Å². The van der Waals surface area contributed by atoms with Crippen molar-refractivity contribution in [3.05, 3.63) is 65.9 Å². The van der Waals surface area contributed by atoms with Gasteiger partial charge in [-0.15, -0.1) is 5.10 Å². The second-order valence-electron chi connectivity index (χ2n) is 5.15. The van der Waals surface area contributed by atoms with Gasteiger partial charge in [0, 0.05) is 5.69 Å². The summed E-state index contributed by atoms with van der Waals surface area (Å²) in [6, 6.07) is 13.4. The van der Waals surface area contributed by atoms with Gasteiger partial charge in [-0.1, -0.05) is 12.1 Å². The summed E-state index contributed by atoms with van der Waals surface area (Å²) in [5.41, 5.74) is 0.613. The minimum Gasteiger partial charge on any atom is -0.339 e. The van der Waals surface area contributed by atoms with Crippen molar-refractivity contribution < 1.29 is 13.2 Å². The first-order valence-electron chi connectivity index (χ1n) is 7.36. The number of rotatable bonds is 4. The zero-order chi connectivity index (χ0) is 18.6. The Hall–Kier alpha value is -3.67. The molecular formula is C17H11F3N6. The van der Waals surface area contributed by atoms with Crippen LogP contribution in [0.15, 0.2) is 54.7 Å². The molecule has 2 aromatic carbocycles. The quantitative estimate of drug-likeness (QED) is 0.727. The standard InChI is InChI=1S/C17H11F3N6/c18-17(19,20)12-5-7-13(8-6-12)23-15-10-22-26-16(25-15)24-14-4-2-1-3-11(14)9-21/h1-8,10H,(H2,23,24,25,26). The molecule has 0 spiro atoms. The van der Waals surface area contributed by atoms with E-state index in [1.54, 1.807) is 24.3 Å². The van der Waals surface area contributed by atoms with Crippen LogP contribution in [-0.4, -0.2) is 15.2 Å². The van der Waals surface area contributed by atoms with Gasteiger partial charge in [0.2, 0.25) is 5.95 Å². The van der Waals surface area contributed by atoms with Gasteiger partial charge in [-0.25, -0.2) is 0 Å². The molecule has 0 radical (unpaired) electrons. The van der Waals surface area contributed by atoms with Crippen LogP contribution >= 0.6 is 0 Å². The number of anilines is 4. The van der Waals surface area contributed by atoms with Gasteiger partial charge in [-0.05, 0) is 36.4 Å². The molecule has 0 aliphatic heterocycles. The monoisotopic (exact) mass is 356 g/mol. The van der Waals surface area contributed by atoms with E-state index in [2.05, 4.69) is 25.8 Å². The average molecular weight is 356 g/mol. The fraction of sp³-hybridized carbons (Fsp3) is 0.0588. The number of aromatic nitrogens is 3. The van der Waals surface area contributed by atoms with Gasteiger partial charge in [0.05, 0.1) is 23.0 Å². The minimum absolute atomic E-state index is 0.143. The van der Waals surface area contributed by atoms with Crippen molar-refractivity contribution in [3.63, 3.8) is 0 Å². The normalized spacial score (nSPS) is 10.8. The van der Waals surface area contributed by atoms with Crippen molar-refractivity contribution in [3.8, 4) is 6.07 Å². The average Bonchev–Trinajstić information content (AvgIpc) is 2.62. The summed E-state index contributed by atoms with van der Waals surface area (Å²) in [7, 11) is 0. The molecule has 0 aliphatic rings. The fourth-order valence-corrected chi connectivity index (χ4v) is 2.12. The molecule has 0 fully saturated rings. The number of nitrogens with one attached hydrogen (secondary N) is 2. The maximum absolute atomic E-state index is 12.6. The molecule has 6 nitrogen and oxygen atoms in total. The summed E-state index contributed by atoms with van der Waals surface area (Å²) < 4.78 is 37.8. The summed E-state index contributed by atoms with van der Waals surface area (Å²) >= 11 is 0. The maximum atomic E-state index is 12.6. The lowest BCUT2D eigenvalue weighted by Crippen LogP contribution is -2.05. The van der Waals surface area contributed by atoms with Crippen LogP contribution in [-0.2, 0) is 6.18 Å². The van der Waals surface area contributed by atoms with Gasteiger partial charge in [-0.3, -0.25) is 0 Å². The van der Waals surface area contributed by atoms with Crippen molar-refractivity contribution in [2.24, 2.45) is 0 Å².